The number of pyridine rings is 1. The van der Waals surface area contributed by atoms with E-state index in [1.807, 2.05) is 0 Å². The molecular weight excluding hydrogens is 262 g/mol. The summed E-state index contributed by atoms with van der Waals surface area (Å²) in [6, 6.07) is 6.34. The highest BCUT2D eigenvalue weighted by atomic mass is 15.1. The van der Waals surface area contributed by atoms with Crippen molar-refractivity contribution in [2.24, 2.45) is 0 Å². The van der Waals surface area contributed by atoms with Crippen LogP contribution in [0.1, 0.15) is 25.2 Å². The van der Waals surface area contributed by atoms with Gasteiger partial charge >= 0.3 is 0 Å². The third kappa shape index (κ3) is 2.45. The molecule has 2 aromatic heterocycles. The fourth-order valence-electron chi connectivity index (χ4n) is 2.53. The van der Waals surface area contributed by atoms with Crippen molar-refractivity contribution >= 4 is 27.8 Å². The Bertz CT molecular complexity index is 790. The normalized spacial score (nSPS) is 11.8. The van der Waals surface area contributed by atoms with Crippen LogP contribution in [0.2, 0.25) is 0 Å². The van der Waals surface area contributed by atoms with Crippen LogP contribution in [0.5, 0.6) is 0 Å². The first-order chi connectivity index (χ1) is 10.1. The van der Waals surface area contributed by atoms with Crippen LogP contribution in [0.3, 0.4) is 0 Å². The number of anilines is 1. The first kappa shape index (κ1) is 13.8. The van der Waals surface area contributed by atoms with Crippen LogP contribution in [-0.2, 0) is 13.0 Å². The van der Waals surface area contributed by atoms with Crippen molar-refractivity contribution < 1.29 is 0 Å². The minimum absolute atomic E-state index is 0.493. The number of imidazole rings is 1. The molecule has 0 aliphatic rings. The van der Waals surface area contributed by atoms with Gasteiger partial charge in [0.2, 0.25) is 0 Å². The molecule has 5 heteroatoms. The largest absolute Gasteiger partial charge is 0.382 e. The summed E-state index contributed by atoms with van der Waals surface area (Å²) in [5, 5.41) is 1.08. The zero-order valence-electron chi connectivity index (χ0n) is 12.8. The lowest BCUT2D eigenvalue weighted by Crippen LogP contribution is -2.17. The van der Waals surface area contributed by atoms with Crippen LogP contribution in [0.4, 0.5) is 5.82 Å². The van der Waals surface area contributed by atoms with E-state index in [0.717, 1.165) is 47.3 Å². The Kier molecular flexibility index (Phi) is 3.51. The smallest absolute Gasteiger partial charge is 0.152 e. The van der Waals surface area contributed by atoms with Gasteiger partial charge in [-0.3, -0.25) is 4.90 Å². The summed E-state index contributed by atoms with van der Waals surface area (Å²) < 4.78 is 0. The quantitative estimate of drug-likeness (QED) is 0.772. The zero-order valence-corrected chi connectivity index (χ0v) is 12.8. The van der Waals surface area contributed by atoms with Crippen molar-refractivity contribution in [3.63, 3.8) is 0 Å². The number of fused-ring (bicyclic) bond motifs is 3. The molecular formula is C16H21N5. The summed E-state index contributed by atoms with van der Waals surface area (Å²) in [6.45, 7) is 6.02. The molecule has 0 aliphatic heterocycles. The molecule has 0 fully saturated rings. The number of benzene rings is 1. The first-order valence-corrected chi connectivity index (χ1v) is 7.37. The molecule has 0 spiro atoms. The van der Waals surface area contributed by atoms with Crippen LogP contribution in [0, 0.1) is 0 Å². The highest BCUT2D eigenvalue weighted by Gasteiger charge is 2.12. The Morgan fingerprint density at radius 2 is 2.05 bits per heavy atom. The van der Waals surface area contributed by atoms with Gasteiger partial charge in [-0.15, -0.1) is 0 Å². The average Bonchev–Trinajstić information content (AvgIpc) is 2.91. The Balaban J connectivity index is 2.18. The van der Waals surface area contributed by atoms with Crippen molar-refractivity contribution in [1.29, 1.82) is 0 Å². The van der Waals surface area contributed by atoms with Gasteiger partial charge in [-0.25, -0.2) is 9.97 Å². The number of aryl methyl sites for hydroxylation is 1. The molecule has 5 nitrogen and oxygen atoms in total. The highest BCUT2D eigenvalue weighted by molar-refractivity contribution is 6.06. The van der Waals surface area contributed by atoms with Gasteiger partial charge < -0.3 is 10.7 Å². The predicted molar refractivity (Wildman–Crippen MR) is 87.2 cm³/mol. The van der Waals surface area contributed by atoms with Gasteiger partial charge in [0.05, 0.1) is 17.6 Å². The molecule has 0 saturated heterocycles. The van der Waals surface area contributed by atoms with Crippen molar-refractivity contribution in [2.75, 3.05) is 19.3 Å². The van der Waals surface area contributed by atoms with E-state index in [0.29, 0.717) is 5.82 Å². The molecule has 0 radical (unpaired) electrons. The number of aromatic amines is 1. The molecule has 3 N–H and O–H groups in total. The fraction of sp³-hybridized carbons (Fsp3) is 0.375. The molecule has 3 aromatic rings. The van der Waals surface area contributed by atoms with Gasteiger partial charge in [-0.05, 0) is 31.6 Å². The number of aromatic nitrogens is 3. The number of rotatable bonds is 4. The van der Waals surface area contributed by atoms with Gasteiger partial charge in [0.15, 0.2) is 5.82 Å². The first-order valence-electron chi connectivity index (χ1n) is 7.37. The van der Waals surface area contributed by atoms with E-state index >= 15 is 0 Å². The van der Waals surface area contributed by atoms with Gasteiger partial charge in [0.1, 0.15) is 11.3 Å². The Morgan fingerprint density at radius 1 is 1.24 bits per heavy atom. The number of nitrogens with two attached hydrogens (primary N) is 1. The van der Waals surface area contributed by atoms with E-state index in [4.69, 9.17) is 5.73 Å². The molecule has 0 aliphatic carbocycles. The summed E-state index contributed by atoms with van der Waals surface area (Å²) in [4.78, 5) is 14.7. The van der Waals surface area contributed by atoms with E-state index < -0.39 is 0 Å². The second kappa shape index (κ2) is 5.33. The summed E-state index contributed by atoms with van der Waals surface area (Å²) in [5.74, 6) is 1.42. The summed E-state index contributed by atoms with van der Waals surface area (Å²) in [5.41, 5.74) is 10.0. The number of nitrogens with zero attached hydrogens (tertiary/aromatic N) is 3. The van der Waals surface area contributed by atoms with Gasteiger partial charge in [0, 0.05) is 5.39 Å². The monoisotopic (exact) mass is 283 g/mol. The number of nitrogen functional groups attached to an aromatic ring is 1. The lowest BCUT2D eigenvalue weighted by Gasteiger charge is -2.10. The van der Waals surface area contributed by atoms with Crippen LogP contribution in [0.25, 0.3) is 21.9 Å². The summed E-state index contributed by atoms with van der Waals surface area (Å²) >= 11 is 0. The Hall–Kier alpha value is -2.14. The summed E-state index contributed by atoms with van der Waals surface area (Å²) in [7, 11) is 2.07. The van der Waals surface area contributed by atoms with E-state index in [2.05, 4.69) is 58.9 Å². The van der Waals surface area contributed by atoms with Gasteiger partial charge in [-0.1, -0.05) is 26.0 Å². The lowest BCUT2D eigenvalue weighted by molar-refractivity contribution is 0.338. The van der Waals surface area contributed by atoms with E-state index in [9.17, 15) is 0 Å². The molecule has 1 aromatic carbocycles. The van der Waals surface area contributed by atoms with Crippen molar-refractivity contribution in [3.8, 4) is 0 Å². The number of hydrogen-bond acceptors (Lipinski definition) is 4. The maximum Gasteiger partial charge on any atom is 0.152 e. The second-order valence-electron chi connectivity index (χ2n) is 5.44. The number of H-pyrrole nitrogens is 1. The maximum atomic E-state index is 6.08. The van der Waals surface area contributed by atoms with Crippen molar-refractivity contribution in [1.82, 2.24) is 19.9 Å². The Labute approximate surface area is 124 Å². The molecule has 0 amide bonds. The van der Waals surface area contributed by atoms with E-state index in [1.54, 1.807) is 0 Å². The highest BCUT2D eigenvalue weighted by Crippen LogP contribution is 2.27. The third-order valence-electron chi connectivity index (χ3n) is 3.94. The molecule has 3 rings (SSSR count). The topological polar surface area (TPSA) is 70.8 Å². The minimum atomic E-state index is 0.493. The average molecular weight is 283 g/mol. The van der Waals surface area contributed by atoms with E-state index in [1.165, 1.54) is 5.56 Å². The minimum Gasteiger partial charge on any atom is -0.382 e. The van der Waals surface area contributed by atoms with Crippen LogP contribution in [0.15, 0.2) is 18.2 Å². The summed E-state index contributed by atoms with van der Waals surface area (Å²) in [6.07, 6.45) is 0.991. The molecule has 0 saturated carbocycles. The van der Waals surface area contributed by atoms with Crippen LogP contribution in [-0.4, -0.2) is 33.4 Å². The second-order valence-corrected chi connectivity index (χ2v) is 5.44. The van der Waals surface area contributed by atoms with Crippen LogP contribution < -0.4 is 5.73 Å². The van der Waals surface area contributed by atoms with Gasteiger partial charge in [-0.2, -0.15) is 0 Å². The van der Waals surface area contributed by atoms with Gasteiger partial charge in [0.25, 0.3) is 0 Å². The number of nitrogens with one attached hydrogen (secondary N) is 1. The van der Waals surface area contributed by atoms with Crippen molar-refractivity contribution in [3.05, 3.63) is 29.6 Å². The lowest BCUT2D eigenvalue weighted by atomic mass is 10.1. The Morgan fingerprint density at radius 3 is 2.76 bits per heavy atom. The van der Waals surface area contributed by atoms with Crippen LogP contribution >= 0.6 is 0 Å². The SMILES string of the molecule is CCc1ccc2c(c1)nc(N)c1nc(CN(C)CC)[nH]c12. The molecule has 0 bridgehead atoms. The number of hydrogen-bond donors (Lipinski definition) is 2. The van der Waals surface area contributed by atoms with E-state index in [-0.39, 0.29) is 0 Å². The van der Waals surface area contributed by atoms with Crippen molar-refractivity contribution in [2.45, 2.75) is 26.8 Å². The predicted octanol–water partition coefficient (Wildman–Crippen LogP) is 2.71. The maximum absolute atomic E-state index is 6.08. The zero-order chi connectivity index (χ0) is 15.0. The molecule has 21 heavy (non-hydrogen) atoms. The fourth-order valence-corrected chi connectivity index (χ4v) is 2.53. The molecule has 0 atom stereocenters. The standard InChI is InChI=1S/C16H21N5/c1-4-10-6-7-11-12(8-10)18-16(17)15-14(11)19-13(20-15)9-21(3)5-2/h6-8H,4-5,9H2,1-3H3,(H2,17,18)(H,19,20). The molecule has 2 heterocycles. The molecule has 0 unspecified atom stereocenters. The third-order valence-corrected chi connectivity index (χ3v) is 3.94. The molecule has 110 valence electrons.